The lowest BCUT2D eigenvalue weighted by Crippen LogP contribution is -2.11. The number of benzene rings is 1. The molecule has 0 aliphatic rings. The fourth-order valence-corrected chi connectivity index (χ4v) is 2.51. The summed E-state index contributed by atoms with van der Waals surface area (Å²) in [7, 11) is 0. The molecule has 0 saturated heterocycles. The molecule has 0 amide bonds. The zero-order chi connectivity index (χ0) is 18.6. The maximum Gasteiger partial charge on any atom is 0.252 e. The molecule has 0 radical (unpaired) electrons. The molecule has 1 aromatic heterocycles. The molecular weight excluding hydrogens is 328 g/mol. The number of unbranched alkanes of at least 4 members (excludes halogenated alkanes) is 4. The Morgan fingerprint density at radius 3 is 2.81 bits per heavy atom. The molecule has 2 N–H and O–H groups in total. The van der Waals surface area contributed by atoms with Crippen LogP contribution in [-0.2, 0) is 6.42 Å². The lowest BCUT2D eigenvalue weighted by atomic mass is 10.2. The molecule has 0 aliphatic carbocycles. The van der Waals surface area contributed by atoms with Crippen molar-refractivity contribution in [2.45, 2.75) is 52.4 Å². The zero-order valence-electron chi connectivity index (χ0n) is 15.6. The molecule has 0 atom stereocenters. The number of ether oxygens (including phenoxy) is 1. The van der Waals surface area contributed by atoms with Crippen molar-refractivity contribution >= 4 is 12.2 Å². The number of anilines is 1. The summed E-state index contributed by atoms with van der Waals surface area (Å²) in [6.07, 6.45) is 8.40. The minimum absolute atomic E-state index is 0.193. The summed E-state index contributed by atoms with van der Waals surface area (Å²) >= 11 is 0. The molecule has 0 saturated carbocycles. The number of hydrazone groups is 1. The molecule has 2 rings (SSSR count). The van der Waals surface area contributed by atoms with Crippen LogP contribution in [0.5, 0.6) is 5.75 Å². The standard InChI is InChI=1S/C20H28N4O2/c1-3-5-6-7-10-13-26-18-12-9-8-11-16(18)15-21-24-20-22-17(4-2)14-19(25)23-20/h8-9,11-12,14-15H,3-7,10,13H2,1-2H3,(H2,22,23,24,25)/b21-15-. The van der Waals surface area contributed by atoms with Gasteiger partial charge in [0.1, 0.15) is 5.75 Å². The Balaban J connectivity index is 1.91. The Kier molecular flexibility index (Phi) is 8.39. The van der Waals surface area contributed by atoms with Gasteiger partial charge in [-0.3, -0.25) is 9.78 Å². The second-order valence-electron chi connectivity index (χ2n) is 6.11. The first-order valence-corrected chi connectivity index (χ1v) is 9.34. The molecule has 6 heteroatoms. The third kappa shape index (κ3) is 6.70. The summed E-state index contributed by atoms with van der Waals surface area (Å²) < 4.78 is 5.88. The summed E-state index contributed by atoms with van der Waals surface area (Å²) in [5.74, 6) is 1.14. The number of aromatic nitrogens is 2. The minimum Gasteiger partial charge on any atom is -0.493 e. The predicted octanol–water partition coefficient (Wildman–Crippen LogP) is 4.13. The highest BCUT2D eigenvalue weighted by atomic mass is 16.5. The van der Waals surface area contributed by atoms with Crippen LogP contribution in [0.1, 0.15) is 57.2 Å². The van der Waals surface area contributed by atoms with Crippen LogP contribution < -0.4 is 15.7 Å². The van der Waals surface area contributed by atoms with E-state index in [1.54, 1.807) is 6.21 Å². The third-order valence-electron chi connectivity index (χ3n) is 3.96. The Hall–Kier alpha value is -2.63. The molecule has 0 unspecified atom stereocenters. The van der Waals surface area contributed by atoms with Crippen LogP contribution in [0.3, 0.4) is 0 Å². The number of nitrogens with zero attached hydrogens (tertiary/aromatic N) is 2. The van der Waals surface area contributed by atoms with E-state index < -0.39 is 0 Å². The first-order valence-electron chi connectivity index (χ1n) is 9.34. The van der Waals surface area contributed by atoms with Gasteiger partial charge in [-0.1, -0.05) is 51.7 Å². The summed E-state index contributed by atoms with van der Waals surface area (Å²) in [4.78, 5) is 18.5. The highest BCUT2D eigenvalue weighted by Crippen LogP contribution is 2.16. The number of hydrogen-bond donors (Lipinski definition) is 2. The normalized spacial score (nSPS) is 11.0. The molecular formula is C20H28N4O2. The van der Waals surface area contributed by atoms with Crippen molar-refractivity contribution in [3.63, 3.8) is 0 Å². The highest BCUT2D eigenvalue weighted by Gasteiger charge is 2.01. The van der Waals surface area contributed by atoms with E-state index >= 15 is 0 Å². The topological polar surface area (TPSA) is 79.4 Å². The lowest BCUT2D eigenvalue weighted by molar-refractivity contribution is 0.304. The Labute approximate surface area is 154 Å². The van der Waals surface area contributed by atoms with Crippen LogP contribution in [0.25, 0.3) is 0 Å². The maximum absolute atomic E-state index is 11.6. The minimum atomic E-state index is -0.193. The highest BCUT2D eigenvalue weighted by molar-refractivity contribution is 5.83. The van der Waals surface area contributed by atoms with Crippen LogP contribution in [0, 0.1) is 0 Å². The average molecular weight is 356 g/mol. The largest absolute Gasteiger partial charge is 0.493 e. The van der Waals surface area contributed by atoms with Gasteiger partial charge < -0.3 is 4.74 Å². The number of hydrogen-bond acceptors (Lipinski definition) is 5. The average Bonchev–Trinajstić information content (AvgIpc) is 2.65. The van der Waals surface area contributed by atoms with Gasteiger partial charge in [0, 0.05) is 17.3 Å². The molecule has 1 aromatic carbocycles. The van der Waals surface area contributed by atoms with E-state index in [1.807, 2.05) is 31.2 Å². The van der Waals surface area contributed by atoms with Crippen molar-refractivity contribution in [3.8, 4) is 5.75 Å². The van der Waals surface area contributed by atoms with Crippen molar-refractivity contribution in [1.29, 1.82) is 0 Å². The van der Waals surface area contributed by atoms with Crippen LogP contribution in [0.15, 0.2) is 40.2 Å². The Morgan fingerprint density at radius 1 is 1.19 bits per heavy atom. The fraction of sp³-hybridized carbons (Fsp3) is 0.450. The summed E-state index contributed by atoms with van der Waals surface area (Å²) in [6.45, 7) is 4.86. The first-order chi connectivity index (χ1) is 12.7. The van der Waals surface area contributed by atoms with Gasteiger partial charge in [-0.05, 0) is 25.0 Å². The number of nitrogens with one attached hydrogen (secondary N) is 2. The molecule has 0 fully saturated rings. The van der Waals surface area contributed by atoms with E-state index in [2.05, 4.69) is 27.4 Å². The van der Waals surface area contributed by atoms with Crippen LogP contribution in [0.2, 0.25) is 0 Å². The van der Waals surface area contributed by atoms with E-state index in [9.17, 15) is 4.79 Å². The molecule has 6 nitrogen and oxygen atoms in total. The van der Waals surface area contributed by atoms with E-state index in [0.717, 1.165) is 23.4 Å². The van der Waals surface area contributed by atoms with Gasteiger partial charge in [-0.25, -0.2) is 10.4 Å². The van der Waals surface area contributed by atoms with Crippen molar-refractivity contribution in [2.24, 2.45) is 5.10 Å². The van der Waals surface area contributed by atoms with Crippen LogP contribution in [-0.4, -0.2) is 22.8 Å². The maximum atomic E-state index is 11.6. The molecule has 140 valence electrons. The zero-order valence-corrected chi connectivity index (χ0v) is 15.6. The van der Waals surface area contributed by atoms with E-state index in [4.69, 9.17) is 4.74 Å². The SMILES string of the molecule is CCCCCCCOc1ccccc1/C=N\Nc1nc(CC)cc(=O)[nH]1. The fourth-order valence-electron chi connectivity index (χ4n) is 2.51. The van der Waals surface area contributed by atoms with Gasteiger partial charge in [-0.15, -0.1) is 0 Å². The molecule has 0 spiro atoms. The number of aryl methyl sites for hydroxylation is 1. The van der Waals surface area contributed by atoms with E-state index in [0.29, 0.717) is 19.0 Å². The second-order valence-corrected chi connectivity index (χ2v) is 6.11. The molecule has 1 heterocycles. The van der Waals surface area contributed by atoms with Crippen molar-refractivity contribution in [3.05, 3.63) is 51.9 Å². The molecule has 2 aromatic rings. The molecule has 0 bridgehead atoms. The summed E-state index contributed by atoms with van der Waals surface area (Å²) in [5.41, 5.74) is 4.18. The summed E-state index contributed by atoms with van der Waals surface area (Å²) in [6, 6.07) is 9.24. The third-order valence-corrected chi connectivity index (χ3v) is 3.96. The van der Waals surface area contributed by atoms with Gasteiger partial charge in [0.2, 0.25) is 5.95 Å². The molecule has 26 heavy (non-hydrogen) atoms. The smallest absolute Gasteiger partial charge is 0.252 e. The van der Waals surface area contributed by atoms with E-state index in [1.165, 1.54) is 31.7 Å². The van der Waals surface area contributed by atoms with Crippen molar-refractivity contribution in [2.75, 3.05) is 12.0 Å². The number of H-pyrrole nitrogens is 1. The van der Waals surface area contributed by atoms with Crippen molar-refractivity contribution in [1.82, 2.24) is 9.97 Å². The Bertz CT molecular complexity index is 755. The number of para-hydroxylation sites is 1. The predicted molar refractivity (Wildman–Crippen MR) is 106 cm³/mol. The van der Waals surface area contributed by atoms with Crippen LogP contribution in [0.4, 0.5) is 5.95 Å². The van der Waals surface area contributed by atoms with Gasteiger partial charge in [0.25, 0.3) is 5.56 Å². The molecule has 0 aliphatic heterocycles. The van der Waals surface area contributed by atoms with Gasteiger partial charge in [0.15, 0.2) is 0 Å². The van der Waals surface area contributed by atoms with E-state index in [-0.39, 0.29) is 5.56 Å². The quantitative estimate of drug-likeness (QED) is 0.360. The Morgan fingerprint density at radius 2 is 2.00 bits per heavy atom. The van der Waals surface area contributed by atoms with Crippen molar-refractivity contribution < 1.29 is 4.74 Å². The van der Waals surface area contributed by atoms with Gasteiger partial charge >= 0.3 is 0 Å². The van der Waals surface area contributed by atoms with Crippen LogP contribution >= 0.6 is 0 Å². The monoisotopic (exact) mass is 356 g/mol. The summed E-state index contributed by atoms with van der Waals surface area (Å²) in [5, 5.41) is 4.17. The first kappa shape index (κ1) is 19.7. The second kappa shape index (κ2) is 11.1. The number of aromatic amines is 1. The van der Waals surface area contributed by atoms with Gasteiger partial charge in [0.05, 0.1) is 12.8 Å². The number of rotatable bonds is 11. The van der Waals surface area contributed by atoms with Gasteiger partial charge in [-0.2, -0.15) is 5.10 Å². The lowest BCUT2D eigenvalue weighted by Gasteiger charge is -2.09.